The molecular formula is C12H8N4OS2. The van der Waals surface area contributed by atoms with Crippen molar-refractivity contribution in [1.82, 2.24) is 15.2 Å². The first-order valence-corrected chi connectivity index (χ1v) is 7.11. The fraction of sp³-hybridized carbons (Fsp3) is 0. The van der Waals surface area contributed by atoms with E-state index in [1.165, 1.54) is 17.5 Å². The van der Waals surface area contributed by atoms with Crippen molar-refractivity contribution in [3.05, 3.63) is 47.6 Å². The molecular weight excluding hydrogens is 280 g/mol. The van der Waals surface area contributed by atoms with Crippen molar-refractivity contribution in [1.29, 1.82) is 0 Å². The van der Waals surface area contributed by atoms with E-state index in [1.807, 2.05) is 17.5 Å². The molecule has 0 radical (unpaired) electrons. The van der Waals surface area contributed by atoms with Crippen LogP contribution in [0.25, 0.3) is 9.88 Å². The average Bonchev–Trinajstić information content (AvgIpc) is 3.10. The van der Waals surface area contributed by atoms with Crippen LogP contribution in [0.3, 0.4) is 0 Å². The van der Waals surface area contributed by atoms with Gasteiger partial charge in [-0.15, -0.1) is 21.5 Å². The van der Waals surface area contributed by atoms with Crippen LogP contribution in [0.5, 0.6) is 0 Å². The summed E-state index contributed by atoms with van der Waals surface area (Å²) >= 11 is 2.94. The molecule has 94 valence electrons. The lowest BCUT2D eigenvalue weighted by atomic mass is 10.3. The molecule has 0 spiro atoms. The van der Waals surface area contributed by atoms with Gasteiger partial charge in [-0.1, -0.05) is 17.4 Å². The Morgan fingerprint density at radius 2 is 2.16 bits per heavy atom. The monoisotopic (exact) mass is 288 g/mol. The first kappa shape index (κ1) is 11.9. The molecule has 1 amide bonds. The summed E-state index contributed by atoms with van der Waals surface area (Å²) in [6.45, 7) is 0. The van der Waals surface area contributed by atoms with Gasteiger partial charge < -0.3 is 0 Å². The van der Waals surface area contributed by atoms with Crippen LogP contribution in [0.15, 0.2) is 42.0 Å². The predicted molar refractivity (Wildman–Crippen MR) is 75.4 cm³/mol. The van der Waals surface area contributed by atoms with Crippen LogP contribution in [0.1, 0.15) is 10.4 Å². The summed E-state index contributed by atoms with van der Waals surface area (Å²) in [6.07, 6.45) is 3.13. The van der Waals surface area contributed by atoms with Gasteiger partial charge in [0.15, 0.2) is 5.01 Å². The molecule has 0 saturated heterocycles. The van der Waals surface area contributed by atoms with Crippen molar-refractivity contribution in [2.75, 3.05) is 5.32 Å². The standard InChI is InChI=1S/C12H8N4OS2/c17-10(8-3-1-5-13-7-8)14-12-16-15-11(19-12)9-4-2-6-18-9/h1-7H,(H,14,16,17). The second-order valence-electron chi connectivity index (χ2n) is 3.59. The summed E-state index contributed by atoms with van der Waals surface area (Å²) in [5.74, 6) is -0.234. The summed E-state index contributed by atoms with van der Waals surface area (Å²) < 4.78 is 0. The quantitative estimate of drug-likeness (QED) is 0.804. The van der Waals surface area contributed by atoms with Gasteiger partial charge in [0.1, 0.15) is 0 Å². The topological polar surface area (TPSA) is 67.8 Å². The van der Waals surface area contributed by atoms with E-state index in [4.69, 9.17) is 0 Å². The number of amides is 1. The Hall–Kier alpha value is -2.12. The van der Waals surface area contributed by atoms with Crippen molar-refractivity contribution < 1.29 is 4.79 Å². The Kier molecular flexibility index (Phi) is 3.30. The second kappa shape index (κ2) is 5.25. The summed E-state index contributed by atoms with van der Waals surface area (Å²) in [4.78, 5) is 16.8. The van der Waals surface area contributed by atoms with E-state index >= 15 is 0 Å². The Balaban J connectivity index is 1.76. The maximum Gasteiger partial charge on any atom is 0.259 e. The number of hydrogen-bond acceptors (Lipinski definition) is 6. The van der Waals surface area contributed by atoms with Crippen LogP contribution in [-0.4, -0.2) is 21.1 Å². The Bertz CT molecular complexity index is 679. The molecule has 3 heterocycles. The SMILES string of the molecule is O=C(Nc1nnc(-c2cccs2)s1)c1cccnc1. The van der Waals surface area contributed by atoms with E-state index in [1.54, 1.807) is 29.7 Å². The highest BCUT2D eigenvalue weighted by molar-refractivity contribution is 7.23. The first-order valence-electron chi connectivity index (χ1n) is 5.42. The molecule has 0 aliphatic rings. The van der Waals surface area contributed by atoms with E-state index in [2.05, 4.69) is 20.5 Å². The molecule has 0 aromatic carbocycles. The van der Waals surface area contributed by atoms with Crippen LogP contribution < -0.4 is 5.32 Å². The molecule has 7 heteroatoms. The van der Waals surface area contributed by atoms with Gasteiger partial charge in [0.05, 0.1) is 10.4 Å². The van der Waals surface area contributed by atoms with Crippen LogP contribution in [-0.2, 0) is 0 Å². The number of carbonyl (C=O) groups excluding carboxylic acids is 1. The van der Waals surface area contributed by atoms with Gasteiger partial charge in [0, 0.05) is 12.4 Å². The van der Waals surface area contributed by atoms with Crippen LogP contribution >= 0.6 is 22.7 Å². The lowest BCUT2D eigenvalue weighted by Crippen LogP contribution is -2.11. The zero-order chi connectivity index (χ0) is 13.1. The summed E-state index contributed by atoms with van der Waals surface area (Å²) in [5.41, 5.74) is 0.496. The highest BCUT2D eigenvalue weighted by Crippen LogP contribution is 2.29. The zero-order valence-electron chi connectivity index (χ0n) is 9.61. The van der Waals surface area contributed by atoms with Crippen LogP contribution in [0.2, 0.25) is 0 Å². The molecule has 0 unspecified atom stereocenters. The van der Waals surface area contributed by atoms with Crippen molar-refractivity contribution in [3.63, 3.8) is 0 Å². The van der Waals surface area contributed by atoms with E-state index in [9.17, 15) is 4.79 Å². The summed E-state index contributed by atoms with van der Waals surface area (Å²) in [5, 5.41) is 14.0. The zero-order valence-corrected chi connectivity index (χ0v) is 11.2. The number of rotatable bonds is 3. The van der Waals surface area contributed by atoms with Gasteiger partial charge in [-0.3, -0.25) is 15.1 Å². The number of hydrogen-bond donors (Lipinski definition) is 1. The lowest BCUT2D eigenvalue weighted by molar-refractivity contribution is 0.102. The molecule has 3 aromatic heterocycles. The highest BCUT2D eigenvalue weighted by atomic mass is 32.1. The van der Waals surface area contributed by atoms with E-state index < -0.39 is 0 Å². The van der Waals surface area contributed by atoms with Crippen molar-refractivity contribution in [2.45, 2.75) is 0 Å². The normalized spacial score (nSPS) is 10.3. The minimum absolute atomic E-state index is 0.234. The first-order chi connectivity index (χ1) is 9.33. The van der Waals surface area contributed by atoms with Gasteiger partial charge in [-0.2, -0.15) is 0 Å². The summed E-state index contributed by atoms with van der Waals surface area (Å²) in [7, 11) is 0. The maximum absolute atomic E-state index is 11.9. The third kappa shape index (κ3) is 2.67. The third-order valence-electron chi connectivity index (χ3n) is 2.30. The number of nitrogens with one attached hydrogen (secondary N) is 1. The molecule has 0 atom stereocenters. The number of thiophene rings is 1. The maximum atomic E-state index is 11.9. The minimum Gasteiger partial charge on any atom is -0.296 e. The molecule has 0 bridgehead atoms. The van der Waals surface area contributed by atoms with Crippen LogP contribution in [0.4, 0.5) is 5.13 Å². The van der Waals surface area contributed by atoms with Gasteiger partial charge in [-0.25, -0.2) is 0 Å². The minimum atomic E-state index is -0.234. The fourth-order valence-corrected chi connectivity index (χ4v) is 2.97. The summed E-state index contributed by atoms with van der Waals surface area (Å²) in [6, 6.07) is 7.34. The predicted octanol–water partition coefficient (Wildman–Crippen LogP) is 2.91. The number of anilines is 1. The van der Waals surface area contributed by atoms with E-state index in [0.717, 1.165) is 9.88 Å². The van der Waals surface area contributed by atoms with Gasteiger partial charge in [0.2, 0.25) is 5.13 Å². The van der Waals surface area contributed by atoms with E-state index in [0.29, 0.717) is 10.7 Å². The number of pyridine rings is 1. The Morgan fingerprint density at radius 1 is 1.21 bits per heavy atom. The highest BCUT2D eigenvalue weighted by Gasteiger charge is 2.11. The molecule has 0 aliphatic carbocycles. The molecule has 0 fully saturated rings. The van der Waals surface area contributed by atoms with Gasteiger partial charge >= 0.3 is 0 Å². The fourth-order valence-electron chi connectivity index (χ4n) is 1.44. The molecule has 1 N–H and O–H groups in total. The number of nitrogens with zero attached hydrogens (tertiary/aromatic N) is 3. The third-order valence-corrected chi connectivity index (χ3v) is 4.18. The molecule has 3 rings (SSSR count). The molecule has 19 heavy (non-hydrogen) atoms. The molecule has 0 aliphatic heterocycles. The molecule has 3 aromatic rings. The van der Waals surface area contributed by atoms with Gasteiger partial charge in [0.25, 0.3) is 5.91 Å². The Morgan fingerprint density at radius 3 is 2.89 bits per heavy atom. The lowest BCUT2D eigenvalue weighted by Gasteiger charge is -1.99. The van der Waals surface area contributed by atoms with Gasteiger partial charge in [-0.05, 0) is 23.6 Å². The Labute approximate surface area is 117 Å². The second-order valence-corrected chi connectivity index (χ2v) is 5.51. The smallest absolute Gasteiger partial charge is 0.259 e. The van der Waals surface area contributed by atoms with Crippen molar-refractivity contribution in [2.24, 2.45) is 0 Å². The van der Waals surface area contributed by atoms with E-state index in [-0.39, 0.29) is 5.91 Å². The largest absolute Gasteiger partial charge is 0.296 e. The molecule has 5 nitrogen and oxygen atoms in total. The number of aromatic nitrogens is 3. The van der Waals surface area contributed by atoms with Crippen LogP contribution in [0, 0.1) is 0 Å². The number of carbonyl (C=O) groups is 1. The average molecular weight is 288 g/mol. The van der Waals surface area contributed by atoms with Crippen molar-refractivity contribution >= 4 is 33.7 Å². The molecule has 0 saturated carbocycles. The van der Waals surface area contributed by atoms with Crippen molar-refractivity contribution in [3.8, 4) is 9.88 Å².